The first-order chi connectivity index (χ1) is 7.39. The van der Waals surface area contributed by atoms with E-state index in [2.05, 4.69) is 52.0 Å². The van der Waals surface area contributed by atoms with Crippen LogP contribution in [0.3, 0.4) is 0 Å². The van der Waals surface area contributed by atoms with Crippen LogP contribution in [0.1, 0.15) is 33.3 Å². The maximum atomic E-state index is 9.55. The molecular formula is C15H22O. The van der Waals surface area contributed by atoms with E-state index in [1.54, 1.807) is 0 Å². The number of hydrogen-bond donors (Lipinski definition) is 1. The van der Waals surface area contributed by atoms with Crippen molar-refractivity contribution in [3.63, 3.8) is 0 Å². The Bertz CT molecular complexity index is 345. The van der Waals surface area contributed by atoms with E-state index < -0.39 is 0 Å². The lowest BCUT2D eigenvalue weighted by molar-refractivity contribution is 0.0782. The van der Waals surface area contributed by atoms with Crippen LogP contribution in [0.5, 0.6) is 0 Å². The fourth-order valence-corrected chi connectivity index (χ4v) is 1.38. The van der Waals surface area contributed by atoms with Gasteiger partial charge in [0.1, 0.15) is 0 Å². The third-order valence-corrected chi connectivity index (χ3v) is 3.49. The van der Waals surface area contributed by atoms with E-state index in [1.807, 2.05) is 18.2 Å². The van der Waals surface area contributed by atoms with Crippen molar-refractivity contribution in [3.8, 4) is 0 Å². The van der Waals surface area contributed by atoms with Crippen molar-refractivity contribution < 1.29 is 5.11 Å². The van der Waals surface area contributed by atoms with Crippen molar-refractivity contribution in [1.82, 2.24) is 0 Å². The summed E-state index contributed by atoms with van der Waals surface area (Å²) in [6.07, 6.45) is 4.20. The van der Waals surface area contributed by atoms with Crippen LogP contribution in [-0.2, 0) is 0 Å². The number of hydrogen-bond acceptors (Lipinski definition) is 1. The number of rotatable bonds is 3. The topological polar surface area (TPSA) is 20.2 Å². The molecule has 0 fully saturated rings. The summed E-state index contributed by atoms with van der Waals surface area (Å²) in [6.45, 7) is 8.71. The van der Waals surface area contributed by atoms with Gasteiger partial charge in [-0.3, -0.25) is 0 Å². The van der Waals surface area contributed by atoms with E-state index in [9.17, 15) is 5.11 Å². The van der Waals surface area contributed by atoms with Gasteiger partial charge in [0.25, 0.3) is 0 Å². The molecule has 1 heteroatoms. The van der Waals surface area contributed by atoms with Crippen molar-refractivity contribution in [2.45, 2.75) is 27.7 Å². The SMILES string of the molecule is CC(C)(C)C(C)(/C=C/c1ccccc1)CO. The monoisotopic (exact) mass is 218 g/mol. The van der Waals surface area contributed by atoms with Gasteiger partial charge < -0.3 is 5.11 Å². The van der Waals surface area contributed by atoms with Crippen molar-refractivity contribution in [1.29, 1.82) is 0 Å². The van der Waals surface area contributed by atoms with E-state index >= 15 is 0 Å². The molecule has 1 aromatic rings. The minimum Gasteiger partial charge on any atom is -0.395 e. The molecule has 0 aliphatic rings. The molecule has 0 amide bonds. The lowest BCUT2D eigenvalue weighted by Gasteiger charge is -2.38. The Morgan fingerprint density at radius 3 is 2.06 bits per heavy atom. The van der Waals surface area contributed by atoms with Crippen molar-refractivity contribution in [2.75, 3.05) is 6.61 Å². The Hall–Kier alpha value is -1.08. The molecule has 1 atom stereocenters. The smallest absolute Gasteiger partial charge is 0.0524 e. The average molecular weight is 218 g/mol. The van der Waals surface area contributed by atoms with Gasteiger partial charge in [-0.1, -0.05) is 70.2 Å². The van der Waals surface area contributed by atoms with Gasteiger partial charge in [0.15, 0.2) is 0 Å². The predicted octanol–water partition coefficient (Wildman–Crippen LogP) is 3.74. The van der Waals surface area contributed by atoms with Crippen LogP contribution < -0.4 is 0 Å². The van der Waals surface area contributed by atoms with E-state index in [0.717, 1.165) is 0 Å². The van der Waals surface area contributed by atoms with Gasteiger partial charge in [-0.15, -0.1) is 0 Å². The van der Waals surface area contributed by atoms with Gasteiger partial charge in [0.05, 0.1) is 6.61 Å². The Morgan fingerprint density at radius 2 is 1.62 bits per heavy atom. The van der Waals surface area contributed by atoms with Crippen LogP contribution in [-0.4, -0.2) is 11.7 Å². The van der Waals surface area contributed by atoms with Gasteiger partial charge in [0, 0.05) is 5.41 Å². The van der Waals surface area contributed by atoms with E-state index in [-0.39, 0.29) is 17.4 Å². The van der Waals surface area contributed by atoms with E-state index in [1.165, 1.54) is 5.56 Å². The fraction of sp³-hybridized carbons (Fsp3) is 0.467. The van der Waals surface area contributed by atoms with Crippen LogP contribution in [0, 0.1) is 10.8 Å². The molecule has 1 N–H and O–H groups in total. The zero-order chi connectivity index (χ0) is 12.2. The summed E-state index contributed by atoms with van der Waals surface area (Å²) in [6, 6.07) is 10.2. The molecule has 88 valence electrons. The molecule has 0 saturated carbocycles. The molecule has 0 aromatic heterocycles. The van der Waals surface area contributed by atoms with Gasteiger partial charge >= 0.3 is 0 Å². The highest BCUT2D eigenvalue weighted by Crippen LogP contribution is 2.39. The Morgan fingerprint density at radius 1 is 1.06 bits per heavy atom. The van der Waals surface area contributed by atoms with E-state index in [0.29, 0.717) is 0 Å². The van der Waals surface area contributed by atoms with Gasteiger partial charge in [-0.25, -0.2) is 0 Å². The minimum atomic E-state index is -0.192. The first-order valence-electron chi connectivity index (χ1n) is 5.74. The second-order valence-corrected chi connectivity index (χ2v) is 5.57. The number of benzene rings is 1. The standard InChI is InChI=1S/C15H22O/c1-14(2,3)15(4,12-16)11-10-13-8-6-5-7-9-13/h5-11,16H,12H2,1-4H3/b11-10+. The first-order valence-corrected chi connectivity index (χ1v) is 5.74. The molecule has 16 heavy (non-hydrogen) atoms. The highest BCUT2D eigenvalue weighted by Gasteiger charge is 2.34. The second-order valence-electron chi connectivity index (χ2n) is 5.57. The molecule has 1 nitrogen and oxygen atoms in total. The third kappa shape index (κ3) is 2.96. The average Bonchev–Trinajstić information content (AvgIpc) is 2.26. The van der Waals surface area contributed by atoms with Crippen LogP contribution in [0.4, 0.5) is 0 Å². The molecule has 1 aromatic carbocycles. The summed E-state index contributed by atoms with van der Waals surface area (Å²) >= 11 is 0. The molecule has 1 rings (SSSR count). The van der Waals surface area contributed by atoms with Gasteiger partial charge in [-0.05, 0) is 11.0 Å². The maximum Gasteiger partial charge on any atom is 0.0524 e. The highest BCUT2D eigenvalue weighted by molar-refractivity contribution is 5.49. The van der Waals surface area contributed by atoms with Crippen LogP contribution in [0.15, 0.2) is 36.4 Å². The summed E-state index contributed by atoms with van der Waals surface area (Å²) < 4.78 is 0. The lowest BCUT2D eigenvalue weighted by atomic mass is 9.68. The second kappa shape index (κ2) is 4.84. The molecular weight excluding hydrogens is 196 g/mol. The summed E-state index contributed by atoms with van der Waals surface area (Å²) in [5, 5.41) is 9.55. The molecule has 0 saturated heterocycles. The summed E-state index contributed by atoms with van der Waals surface area (Å²) in [7, 11) is 0. The van der Waals surface area contributed by atoms with Crippen LogP contribution in [0.2, 0.25) is 0 Å². The number of aliphatic hydroxyl groups is 1. The van der Waals surface area contributed by atoms with Crippen LogP contribution >= 0.6 is 0 Å². The largest absolute Gasteiger partial charge is 0.395 e. The van der Waals surface area contributed by atoms with Crippen molar-refractivity contribution in [2.24, 2.45) is 10.8 Å². The quantitative estimate of drug-likeness (QED) is 0.819. The summed E-state index contributed by atoms with van der Waals surface area (Å²) in [5.41, 5.74) is 1.03. The fourth-order valence-electron chi connectivity index (χ4n) is 1.38. The normalized spacial score (nSPS) is 16.3. The first kappa shape index (κ1) is 13.0. The molecule has 0 heterocycles. The van der Waals surface area contributed by atoms with Crippen LogP contribution in [0.25, 0.3) is 6.08 Å². The Labute approximate surface area is 98.8 Å². The predicted molar refractivity (Wildman–Crippen MR) is 70.1 cm³/mol. The van der Waals surface area contributed by atoms with E-state index in [4.69, 9.17) is 0 Å². The highest BCUT2D eigenvalue weighted by atomic mass is 16.3. The minimum absolute atomic E-state index is 0.0486. The van der Waals surface area contributed by atoms with Crippen molar-refractivity contribution >= 4 is 6.08 Å². The zero-order valence-electron chi connectivity index (χ0n) is 10.7. The third-order valence-electron chi connectivity index (χ3n) is 3.49. The molecule has 0 bridgehead atoms. The maximum absolute atomic E-state index is 9.55. The van der Waals surface area contributed by atoms with Gasteiger partial charge in [-0.2, -0.15) is 0 Å². The lowest BCUT2D eigenvalue weighted by Crippen LogP contribution is -2.34. The summed E-state index contributed by atoms with van der Waals surface area (Å²) in [5.74, 6) is 0. The molecule has 1 unspecified atom stereocenters. The zero-order valence-corrected chi connectivity index (χ0v) is 10.7. The summed E-state index contributed by atoms with van der Waals surface area (Å²) in [4.78, 5) is 0. The number of aliphatic hydroxyl groups excluding tert-OH is 1. The molecule has 0 radical (unpaired) electrons. The molecule has 0 aliphatic heterocycles. The Balaban J connectivity index is 2.90. The Kier molecular flexibility index (Phi) is 3.93. The molecule has 0 aliphatic carbocycles. The molecule has 0 spiro atoms. The van der Waals surface area contributed by atoms with Gasteiger partial charge in [0.2, 0.25) is 0 Å². The van der Waals surface area contributed by atoms with Crippen molar-refractivity contribution in [3.05, 3.63) is 42.0 Å².